The second-order valence-electron chi connectivity index (χ2n) is 10.1. The van der Waals surface area contributed by atoms with E-state index >= 15 is 0 Å². The number of rotatable bonds is 10. The van der Waals surface area contributed by atoms with Crippen molar-refractivity contribution in [3.05, 3.63) is 29.8 Å². The minimum absolute atomic E-state index is 0.0213. The molecule has 2 atom stereocenters. The van der Waals surface area contributed by atoms with Gasteiger partial charge in [-0.3, -0.25) is 0 Å². The third kappa shape index (κ3) is 9.01. The molecular formula is C23H37N2O9P. The molecule has 2 rings (SSSR count). The summed E-state index contributed by atoms with van der Waals surface area (Å²) in [6.07, 6.45) is -1.11. The zero-order chi connectivity index (χ0) is 26.4. The van der Waals surface area contributed by atoms with Gasteiger partial charge in [0.1, 0.15) is 0 Å². The second-order valence-corrected chi connectivity index (χ2v) is 12.0. The van der Waals surface area contributed by atoms with Crippen LogP contribution in [0.4, 0.5) is 0 Å². The van der Waals surface area contributed by atoms with Gasteiger partial charge in [0.15, 0.2) is 0 Å². The topological polar surface area (TPSA) is 153 Å². The van der Waals surface area contributed by atoms with Crippen LogP contribution in [0.15, 0.2) is 24.3 Å². The summed E-state index contributed by atoms with van der Waals surface area (Å²) in [6.45, 7) is 9.21. The van der Waals surface area contributed by atoms with E-state index in [0.29, 0.717) is 11.3 Å². The number of methoxy groups -OCH3 is 1. The van der Waals surface area contributed by atoms with Gasteiger partial charge in [0.25, 0.3) is 0 Å². The van der Waals surface area contributed by atoms with Gasteiger partial charge in [-0.2, -0.15) is 0 Å². The number of hydrogen-bond donors (Lipinski definition) is 4. The minimum atomic E-state index is -4.25. The molecule has 1 heterocycles. The van der Waals surface area contributed by atoms with Crippen molar-refractivity contribution in [2.45, 2.75) is 65.2 Å². The van der Waals surface area contributed by atoms with E-state index in [1.165, 1.54) is 7.11 Å². The van der Waals surface area contributed by atoms with Crippen molar-refractivity contribution < 1.29 is 42.9 Å². The maximum atomic E-state index is 12.7. The Morgan fingerprint density at radius 1 is 1.23 bits per heavy atom. The van der Waals surface area contributed by atoms with E-state index in [4.69, 9.17) is 13.8 Å². The molecule has 1 aromatic rings. The fourth-order valence-electron chi connectivity index (χ4n) is 3.38. The Morgan fingerprint density at radius 3 is 2.40 bits per heavy atom. The van der Waals surface area contributed by atoms with Crippen molar-refractivity contribution in [3.8, 4) is 5.75 Å². The summed E-state index contributed by atoms with van der Waals surface area (Å²) in [6, 6.07) is 5.75. The molecule has 4 N–H and O–H groups in total. The van der Waals surface area contributed by atoms with Crippen LogP contribution < -0.4 is 15.1 Å². The van der Waals surface area contributed by atoms with Crippen molar-refractivity contribution in [1.82, 2.24) is 10.4 Å². The molecule has 1 aliphatic heterocycles. The molecule has 0 saturated carbocycles. The number of nitrogens with one attached hydrogen (secondary N) is 2. The number of carboxylic acid groups (broad SMARTS) is 1. The van der Waals surface area contributed by atoms with Crippen LogP contribution in [0.2, 0.25) is 0 Å². The number of carbonyl (C=O) groups is 3. The molecule has 0 unspecified atom stereocenters. The SMILES string of the molecule is COC(=O)CCNC(=O)[C@@H]1O[PH](O)(N[C@@H](Cc2ccc(OC(C)(C)C)cc2)C(=O)O)OCC1(C)C. The van der Waals surface area contributed by atoms with Crippen LogP contribution in [0.3, 0.4) is 0 Å². The Hall–Kier alpha value is -2.30. The number of esters is 1. The van der Waals surface area contributed by atoms with Gasteiger partial charge in [0.2, 0.25) is 0 Å². The molecule has 0 spiro atoms. The normalized spacial score (nSPS) is 20.8. The molecule has 0 aromatic heterocycles. The Kier molecular flexibility index (Phi) is 9.61. The number of ether oxygens (including phenoxy) is 2. The zero-order valence-corrected chi connectivity index (χ0v) is 22.0. The summed E-state index contributed by atoms with van der Waals surface area (Å²) in [5.74, 6) is -1.59. The van der Waals surface area contributed by atoms with Gasteiger partial charge in [-0.25, -0.2) is 0 Å². The van der Waals surface area contributed by atoms with Crippen molar-refractivity contribution in [2.75, 3.05) is 20.3 Å². The molecule has 198 valence electrons. The fourth-order valence-corrected chi connectivity index (χ4v) is 5.58. The number of carboxylic acids is 1. The first-order valence-electron chi connectivity index (χ1n) is 11.3. The fraction of sp³-hybridized carbons (Fsp3) is 0.609. The molecule has 1 amide bonds. The van der Waals surface area contributed by atoms with E-state index in [0.717, 1.165) is 0 Å². The van der Waals surface area contributed by atoms with Crippen LogP contribution in [0.5, 0.6) is 5.75 Å². The van der Waals surface area contributed by atoms with E-state index in [9.17, 15) is 24.4 Å². The van der Waals surface area contributed by atoms with Gasteiger partial charge in [0.05, 0.1) is 0 Å². The molecule has 1 aromatic carbocycles. The van der Waals surface area contributed by atoms with Crippen molar-refractivity contribution in [2.24, 2.45) is 5.41 Å². The van der Waals surface area contributed by atoms with Crippen molar-refractivity contribution in [1.29, 1.82) is 0 Å². The van der Waals surface area contributed by atoms with E-state index in [-0.39, 0.29) is 31.6 Å². The van der Waals surface area contributed by atoms with Crippen LogP contribution in [-0.2, 0) is 34.6 Å². The molecule has 1 aliphatic rings. The number of carbonyl (C=O) groups excluding carboxylic acids is 2. The van der Waals surface area contributed by atoms with Gasteiger partial charge < -0.3 is 0 Å². The molecule has 0 bridgehead atoms. The van der Waals surface area contributed by atoms with Crippen molar-refractivity contribution in [3.63, 3.8) is 0 Å². The average molecular weight is 517 g/mol. The zero-order valence-electron chi connectivity index (χ0n) is 21.0. The third-order valence-corrected chi connectivity index (χ3v) is 6.97. The first-order valence-corrected chi connectivity index (χ1v) is 13.1. The van der Waals surface area contributed by atoms with E-state index in [1.54, 1.807) is 38.1 Å². The predicted octanol–water partition coefficient (Wildman–Crippen LogP) is 1.97. The molecule has 1 saturated heterocycles. The Labute approximate surface area is 206 Å². The Balaban J connectivity index is 2.07. The van der Waals surface area contributed by atoms with Crippen LogP contribution in [-0.4, -0.2) is 65.9 Å². The van der Waals surface area contributed by atoms with Gasteiger partial charge >= 0.3 is 206 Å². The van der Waals surface area contributed by atoms with Crippen LogP contribution >= 0.6 is 8.09 Å². The molecule has 0 radical (unpaired) electrons. The molecule has 0 aliphatic carbocycles. The first-order chi connectivity index (χ1) is 16.1. The number of amides is 1. The summed E-state index contributed by atoms with van der Waals surface area (Å²) in [5, 5.41) is 14.9. The summed E-state index contributed by atoms with van der Waals surface area (Å²) < 4.78 is 21.5. The van der Waals surface area contributed by atoms with E-state index in [2.05, 4.69) is 15.1 Å². The summed E-state index contributed by atoms with van der Waals surface area (Å²) in [4.78, 5) is 46.9. The van der Waals surface area contributed by atoms with Gasteiger partial charge in [-0.05, 0) is 0 Å². The third-order valence-electron chi connectivity index (χ3n) is 5.16. The molecule has 11 nitrogen and oxygen atoms in total. The summed E-state index contributed by atoms with van der Waals surface area (Å²) >= 11 is 0. The summed E-state index contributed by atoms with van der Waals surface area (Å²) in [5.41, 5.74) is -0.484. The Morgan fingerprint density at radius 2 is 1.86 bits per heavy atom. The molecule has 1 fully saturated rings. The van der Waals surface area contributed by atoms with Crippen LogP contribution in [0.1, 0.15) is 46.6 Å². The van der Waals surface area contributed by atoms with Crippen molar-refractivity contribution >= 4 is 25.9 Å². The van der Waals surface area contributed by atoms with Gasteiger partial charge in [-0.15, -0.1) is 0 Å². The monoisotopic (exact) mass is 516 g/mol. The van der Waals surface area contributed by atoms with Gasteiger partial charge in [0, 0.05) is 0 Å². The predicted molar refractivity (Wildman–Crippen MR) is 130 cm³/mol. The quantitative estimate of drug-likeness (QED) is 0.268. The number of benzene rings is 1. The number of hydrogen-bond acceptors (Lipinski definition) is 9. The van der Waals surface area contributed by atoms with E-state index < -0.39 is 43.5 Å². The standard InChI is InChI=1S/C23H37N2O9P/c1-22(2,3)33-16-9-7-15(8-10-16)13-17(21(28)29)25-35(30)32-14-23(4,5)19(34-35)20(27)24-12-11-18(26)31-6/h7-10,17,19,25,30,35H,11-14H2,1-6H3,(H,24,27)(H,28,29)/t17-,19-/m0/s1. The molecule has 35 heavy (non-hydrogen) atoms. The summed E-state index contributed by atoms with van der Waals surface area (Å²) in [7, 11) is -3.00. The van der Waals surface area contributed by atoms with E-state index in [1.807, 2.05) is 20.8 Å². The first kappa shape index (κ1) is 28.9. The van der Waals surface area contributed by atoms with Crippen LogP contribution in [0.25, 0.3) is 0 Å². The molecular weight excluding hydrogens is 479 g/mol. The molecule has 12 heteroatoms. The number of aliphatic carboxylic acids is 1. The van der Waals surface area contributed by atoms with Crippen LogP contribution in [0, 0.1) is 5.41 Å². The van der Waals surface area contributed by atoms with Gasteiger partial charge in [-0.1, -0.05) is 0 Å². The Bertz CT molecular complexity index is 901. The second kappa shape index (κ2) is 11.6. The maximum absolute atomic E-state index is 12.7. The average Bonchev–Trinajstić information content (AvgIpc) is 2.75.